The van der Waals surface area contributed by atoms with Gasteiger partial charge in [0.15, 0.2) is 0 Å². The molecule has 0 heterocycles. The normalized spacial score (nSPS) is 9.71. The highest BCUT2D eigenvalue weighted by Crippen LogP contribution is 2.08. The van der Waals surface area contributed by atoms with Gasteiger partial charge >= 0.3 is 11.9 Å². The van der Waals surface area contributed by atoms with Gasteiger partial charge in [-0.2, -0.15) is 0 Å². The van der Waals surface area contributed by atoms with Crippen molar-refractivity contribution in [3.8, 4) is 0 Å². The molecule has 0 aromatic carbocycles. The highest BCUT2D eigenvalue weighted by atomic mass is 17.2. The Morgan fingerprint density at radius 2 is 1.59 bits per heavy atom. The second-order valence-corrected chi connectivity index (χ2v) is 3.93. The van der Waals surface area contributed by atoms with E-state index in [1.807, 2.05) is 0 Å². The maximum absolute atomic E-state index is 11.1. The third-order valence-electron chi connectivity index (χ3n) is 2.37. The Morgan fingerprint density at radius 3 is 2.18 bits per heavy atom. The van der Waals surface area contributed by atoms with Gasteiger partial charge in [0.25, 0.3) is 0 Å². The maximum Gasteiger partial charge on any atom is 0.378 e. The minimum atomic E-state index is -0.752. The highest BCUT2D eigenvalue weighted by molar-refractivity contribution is 5.81. The smallest absolute Gasteiger partial charge is 0.247 e. The molecular weight excluding hydrogens is 220 g/mol. The van der Waals surface area contributed by atoms with Gasteiger partial charge in [-0.3, -0.25) is 0 Å². The van der Waals surface area contributed by atoms with Crippen LogP contribution in [0.2, 0.25) is 0 Å². The molecular formula is C13H22O4. The van der Waals surface area contributed by atoms with E-state index in [-0.39, 0.29) is 6.42 Å². The van der Waals surface area contributed by atoms with Gasteiger partial charge in [0.1, 0.15) is 0 Å². The molecule has 0 saturated heterocycles. The molecule has 0 atom stereocenters. The molecule has 0 unspecified atom stereocenters. The molecule has 17 heavy (non-hydrogen) atoms. The van der Waals surface area contributed by atoms with E-state index in [1.54, 1.807) is 0 Å². The molecule has 0 saturated carbocycles. The molecule has 0 bridgehead atoms. The van der Waals surface area contributed by atoms with Crippen LogP contribution in [0.5, 0.6) is 0 Å². The predicted octanol–water partition coefficient (Wildman–Crippen LogP) is 3.31. The van der Waals surface area contributed by atoms with Gasteiger partial charge in [0.05, 0.1) is 6.42 Å². The van der Waals surface area contributed by atoms with E-state index in [1.165, 1.54) is 25.7 Å². The number of unbranched alkanes of at least 4 members (excludes halogenated alkanes) is 6. The SMILES string of the molecule is C=CC(=O)OOC(=O)CCCCCCCCC. The molecule has 0 aliphatic carbocycles. The lowest BCUT2D eigenvalue weighted by atomic mass is 10.1. The summed E-state index contributed by atoms with van der Waals surface area (Å²) < 4.78 is 0. The zero-order valence-corrected chi connectivity index (χ0v) is 10.6. The standard InChI is InChI=1S/C13H22O4/c1-3-5-6-7-8-9-10-11-13(15)17-16-12(14)4-2/h4H,2-3,5-11H2,1H3. The first-order chi connectivity index (χ1) is 8.20. The fourth-order valence-electron chi connectivity index (χ4n) is 1.39. The number of hydrogen-bond acceptors (Lipinski definition) is 4. The molecule has 0 radical (unpaired) electrons. The van der Waals surface area contributed by atoms with Crippen molar-refractivity contribution >= 4 is 11.9 Å². The van der Waals surface area contributed by atoms with Crippen molar-refractivity contribution in [2.75, 3.05) is 0 Å². The number of carbonyl (C=O) groups excluding carboxylic acids is 2. The highest BCUT2D eigenvalue weighted by Gasteiger charge is 2.06. The summed E-state index contributed by atoms with van der Waals surface area (Å²) in [5, 5.41) is 0. The van der Waals surface area contributed by atoms with Crippen LogP contribution in [0, 0.1) is 0 Å². The molecule has 0 amide bonds. The van der Waals surface area contributed by atoms with Crippen molar-refractivity contribution in [3.05, 3.63) is 12.7 Å². The van der Waals surface area contributed by atoms with Crippen LogP contribution in [-0.4, -0.2) is 11.9 Å². The molecule has 98 valence electrons. The van der Waals surface area contributed by atoms with Gasteiger partial charge in [-0.15, -0.1) is 0 Å². The van der Waals surface area contributed by atoms with E-state index in [2.05, 4.69) is 23.3 Å². The van der Waals surface area contributed by atoms with Crippen LogP contribution in [-0.2, 0) is 19.4 Å². The summed E-state index contributed by atoms with van der Waals surface area (Å²) >= 11 is 0. The first kappa shape index (κ1) is 15.7. The van der Waals surface area contributed by atoms with E-state index in [0.29, 0.717) is 0 Å². The average Bonchev–Trinajstić information content (AvgIpc) is 2.34. The molecule has 0 spiro atoms. The summed E-state index contributed by atoms with van der Waals surface area (Å²) in [4.78, 5) is 30.1. The van der Waals surface area contributed by atoms with Crippen molar-refractivity contribution in [2.45, 2.75) is 58.3 Å². The molecule has 4 heteroatoms. The Morgan fingerprint density at radius 1 is 1.00 bits per heavy atom. The number of rotatable bonds is 9. The molecule has 0 aromatic heterocycles. The van der Waals surface area contributed by atoms with Crippen LogP contribution in [0.15, 0.2) is 12.7 Å². The Balaban J connectivity index is 3.27. The predicted molar refractivity (Wildman–Crippen MR) is 65.0 cm³/mol. The van der Waals surface area contributed by atoms with Gasteiger partial charge in [-0.25, -0.2) is 19.4 Å². The zero-order valence-electron chi connectivity index (χ0n) is 10.6. The van der Waals surface area contributed by atoms with E-state index in [0.717, 1.165) is 25.3 Å². The Labute approximate surface area is 103 Å². The van der Waals surface area contributed by atoms with Crippen molar-refractivity contribution in [2.24, 2.45) is 0 Å². The van der Waals surface area contributed by atoms with Crippen molar-refractivity contribution in [3.63, 3.8) is 0 Å². The quantitative estimate of drug-likeness (QED) is 0.269. The molecule has 0 fully saturated rings. The summed E-state index contributed by atoms with van der Waals surface area (Å²) in [5.41, 5.74) is 0. The lowest BCUT2D eigenvalue weighted by Gasteiger charge is -2.01. The van der Waals surface area contributed by atoms with Gasteiger partial charge < -0.3 is 0 Å². The van der Waals surface area contributed by atoms with E-state index < -0.39 is 11.9 Å². The molecule has 0 aliphatic heterocycles. The van der Waals surface area contributed by atoms with E-state index in [4.69, 9.17) is 0 Å². The van der Waals surface area contributed by atoms with Gasteiger partial charge in [-0.1, -0.05) is 52.0 Å². The van der Waals surface area contributed by atoms with Gasteiger partial charge in [-0.05, 0) is 6.42 Å². The summed E-state index contributed by atoms with van der Waals surface area (Å²) in [6.07, 6.45) is 9.15. The van der Waals surface area contributed by atoms with Crippen molar-refractivity contribution < 1.29 is 19.4 Å². The van der Waals surface area contributed by atoms with Gasteiger partial charge in [0, 0.05) is 6.08 Å². The van der Waals surface area contributed by atoms with Crippen LogP contribution in [0.1, 0.15) is 58.3 Å². The van der Waals surface area contributed by atoms with Crippen LogP contribution < -0.4 is 0 Å². The maximum atomic E-state index is 11.1. The first-order valence-electron chi connectivity index (χ1n) is 6.24. The topological polar surface area (TPSA) is 52.6 Å². The molecule has 0 rings (SSSR count). The molecule has 0 N–H and O–H groups in total. The monoisotopic (exact) mass is 242 g/mol. The van der Waals surface area contributed by atoms with E-state index in [9.17, 15) is 9.59 Å². The van der Waals surface area contributed by atoms with Crippen LogP contribution in [0.3, 0.4) is 0 Å². The first-order valence-corrected chi connectivity index (χ1v) is 6.24. The minimum Gasteiger partial charge on any atom is -0.247 e. The lowest BCUT2D eigenvalue weighted by molar-refractivity contribution is -0.254. The third kappa shape index (κ3) is 11.0. The molecule has 4 nitrogen and oxygen atoms in total. The molecule has 0 aliphatic rings. The summed E-state index contributed by atoms with van der Waals surface area (Å²) in [6, 6.07) is 0. The lowest BCUT2D eigenvalue weighted by Crippen LogP contribution is -2.08. The Kier molecular flexibility index (Phi) is 10.3. The third-order valence-corrected chi connectivity index (χ3v) is 2.37. The zero-order chi connectivity index (χ0) is 12.9. The fraction of sp³-hybridized carbons (Fsp3) is 0.692. The minimum absolute atomic E-state index is 0.290. The van der Waals surface area contributed by atoms with Crippen molar-refractivity contribution in [1.29, 1.82) is 0 Å². The summed E-state index contributed by atoms with van der Waals surface area (Å²) in [7, 11) is 0. The average molecular weight is 242 g/mol. The summed E-state index contributed by atoms with van der Waals surface area (Å²) in [6.45, 7) is 5.36. The second-order valence-electron chi connectivity index (χ2n) is 3.93. The van der Waals surface area contributed by atoms with Gasteiger partial charge in [0.2, 0.25) is 0 Å². The second kappa shape index (κ2) is 11.2. The number of hydrogen-bond donors (Lipinski definition) is 0. The summed E-state index contributed by atoms with van der Waals surface area (Å²) in [5.74, 6) is -1.26. The van der Waals surface area contributed by atoms with Crippen LogP contribution in [0.25, 0.3) is 0 Å². The Hall–Kier alpha value is -1.32. The molecule has 0 aromatic rings. The largest absolute Gasteiger partial charge is 0.378 e. The van der Waals surface area contributed by atoms with Crippen molar-refractivity contribution in [1.82, 2.24) is 0 Å². The van der Waals surface area contributed by atoms with Crippen LogP contribution in [0.4, 0.5) is 0 Å². The van der Waals surface area contributed by atoms with Crippen LogP contribution >= 0.6 is 0 Å². The fourth-order valence-corrected chi connectivity index (χ4v) is 1.39. The number of carbonyl (C=O) groups is 2. The Bertz CT molecular complexity index is 236. The van der Waals surface area contributed by atoms with E-state index >= 15 is 0 Å².